The lowest BCUT2D eigenvalue weighted by molar-refractivity contribution is -0.144. The second-order valence-electron chi connectivity index (χ2n) is 22.6. The fourth-order valence-corrected chi connectivity index (χ4v) is 13.4. The van der Waals surface area contributed by atoms with Gasteiger partial charge in [0.05, 0.1) is 33.9 Å². The molecule has 4 aliphatic heterocycles. The van der Waals surface area contributed by atoms with Crippen molar-refractivity contribution in [3.63, 3.8) is 0 Å². The van der Waals surface area contributed by atoms with Gasteiger partial charge in [0, 0.05) is 107 Å². The summed E-state index contributed by atoms with van der Waals surface area (Å²) < 4.78 is 73.4. The van der Waals surface area contributed by atoms with Crippen molar-refractivity contribution in [3.05, 3.63) is 119 Å². The molecule has 4 aliphatic rings. The van der Waals surface area contributed by atoms with Gasteiger partial charge in [-0.1, -0.05) is 57.2 Å². The van der Waals surface area contributed by atoms with Gasteiger partial charge in [-0.05, 0) is 97.4 Å². The summed E-state index contributed by atoms with van der Waals surface area (Å²) in [5.41, 5.74) is 5.53. The predicted octanol–water partition coefficient (Wildman–Crippen LogP) is 7.54. The minimum Gasteiger partial charge on any atom is -0.372 e. The number of hydrogen-bond donors (Lipinski definition) is 4. The maximum Gasteiger partial charge on any atom is 0.301 e. The molecule has 7 heterocycles. The molecular formula is C58H68F3N11O6S2. The van der Waals surface area contributed by atoms with E-state index >= 15 is 8.78 Å². The van der Waals surface area contributed by atoms with Crippen molar-refractivity contribution >= 4 is 67.5 Å². The number of fused-ring (bicyclic) bond motifs is 1. The summed E-state index contributed by atoms with van der Waals surface area (Å²) >= 11 is 1.59. The van der Waals surface area contributed by atoms with E-state index in [2.05, 4.69) is 40.3 Å². The van der Waals surface area contributed by atoms with E-state index in [1.165, 1.54) is 6.20 Å². The number of amides is 3. The van der Waals surface area contributed by atoms with E-state index in [1.54, 1.807) is 28.5 Å². The van der Waals surface area contributed by atoms with Crippen LogP contribution in [0.25, 0.3) is 32.6 Å². The van der Waals surface area contributed by atoms with Crippen LogP contribution in [0.5, 0.6) is 0 Å². The Kier molecular flexibility index (Phi) is 16.8. The average molecular weight is 1140 g/mol. The lowest BCUT2D eigenvalue weighted by Gasteiger charge is -2.39. The number of anilines is 2. The third-order valence-corrected chi connectivity index (χ3v) is 18.4. The molecule has 0 radical (unpaired) electrons. The number of rotatable bonds is 17. The Bertz CT molecular complexity index is 3350. The molecule has 424 valence electrons. The van der Waals surface area contributed by atoms with Gasteiger partial charge in [-0.25, -0.2) is 23.1 Å². The highest BCUT2D eigenvalue weighted by molar-refractivity contribution is 7.90. The molecule has 0 bridgehead atoms. The number of nitrogens with zero attached hydrogens (tertiary/aromatic N) is 7. The van der Waals surface area contributed by atoms with Crippen LogP contribution in [0.15, 0.2) is 84.6 Å². The van der Waals surface area contributed by atoms with Crippen LogP contribution < -0.4 is 20.3 Å². The third-order valence-electron chi connectivity index (χ3n) is 16.0. The Morgan fingerprint density at radius 3 is 2.23 bits per heavy atom. The van der Waals surface area contributed by atoms with E-state index in [9.17, 15) is 32.0 Å². The van der Waals surface area contributed by atoms with Crippen LogP contribution >= 0.6 is 11.3 Å². The molecule has 0 aliphatic carbocycles. The number of H-pyrrole nitrogens is 1. The van der Waals surface area contributed by atoms with Crippen molar-refractivity contribution < 1.29 is 40.8 Å². The van der Waals surface area contributed by atoms with E-state index in [0.717, 1.165) is 108 Å². The summed E-state index contributed by atoms with van der Waals surface area (Å²) in [6.07, 6.45) is 4.92. The van der Waals surface area contributed by atoms with Gasteiger partial charge in [0.2, 0.25) is 23.5 Å². The number of piperidine rings is 1. The molecule has 6 aromatic rings. The van der Waals surface area contributed by atoms with E-state index < -0.39 is 69.1 Å². The summed E-state index contributed by atoms with van der Waals surface area (Å²) in [4.78, 5) is 76.7. The number of pyridine rings is 1. The second-order valence-corrected chi connectivity index (χ2v) is 25.1. The summed E-state index contributed by atoms with van der Waals surface area (Å²) in [5, 5.41) is 6.45. The molecule has 22 heteroatoms. The molecule has 3 atom stereocenters. The lowest BCUT2D eigenvalue weighted by atomic mass is 9.85. The first-order valence-electron chi connectivity index (χ1n) is 27.4. The molecule has 3 aromatic carbocycles. The van der Waals surface area contributed by atoms with Crippen LogP contribution in [0.4, 0.5) is 24.5 Å². The molecule has 3 amide bonds. The number of piperazine rings is 1. The molecule has 1 unspecified atom stereocenters. The molecule has 17 nitrogen and oxygen atoms in total. The van der Waals surface area contributed by atoms with Crippen molar-refractivity contribution in [1.29, 1.82) is 0 Å². The predicted molar refractivity (Wildman–Crippen MR) is 303 cm³/mol. The first kappa shape index (κ1) is 56.6. The third kappa shape index (κ3) is 12.6. The van der Waals surface area contributed by atoms with Crippen molar-refractivity contribution in [1.82, 2.24) is 44.6 Å². The molecule has 3 aromatic heterocycles. The molecule has 4 fully saturated rings. The Balaban J connectivity index is 0.674. The quantitative estimate of drug-likeness (QED) is 0.0659. The lowest BCUT2D eigenvalue weighted by Crippen LogP contribution is -2.59. The number of benzene rings is 3. The largest absolute Gasteiger partial charge is 0.372 e. The Morgan fingerprint density at radius 2 is 1.55 bits per heavy atom. The zero-order valence-electron chi connectivity index (χ0n) is 45.4. The van der Waals surface area contributed by atoms with E-state index in [0.29, 0.717) is 48.4 Å². The van der Waals surface area contributed by atoms with Gasteiger partial charge in [-0.2, -0.15) is 12.7 Å². The maximum atomic E-state index is 15.8. The molecule has 0 saturated carbocycles. The maximum absolute atomic E-state index is 15.8. The van der Waals surface area contributed by atoms with E-state index in [4.69, 9.17) is 0 Å². The molecule has 4 saturated heterocycles. The number of ketones is 1. The number of aromatic nitrogens is 3. The van der Waals surface area contributed by atoms with Crippen molar-refractivity contribution in [2.24, 2.45) is 11.3 Å². The zero-order valence-corrected chi connectivity index (χ0v) is 47.1. The second kappa shape index (κ2) is 23.8. The normalized spacial score (nSPS) is 19.4. The van der Waals surface area contributed by atoms with E-state index in [-0.39, 0.29) is 42.8 Å². The number of hydrogen-bond acceptors (Lipinski definition) is 12. The van der Waals surface area contributed by atoms with Gasteiger partial charge in [0.1, 0.15) is 29.7 Å². The number of halogens is 3. The van der Waals surface area contributed by atoms with Gasteiger partial charge in [0.25, 0.3) is 0 Å². The van der Waals surface area contributed by atoms with Gasteiger partial charge >= 0.3 is 10.2 Å². The van der Waals surface area contributed by atoms with Crippen molar-refractivity contribution in [2.45, 2.75) is 84.6 Å². The Hall–Kier alpha value is -6.72. The van der Waals surface area contributed by atoms with Crippen LogP contribution in [0, 0.1) is 29.9 Å². The van der Waals surface area contributed by atoms with Gasteiger partial charge < -0.3 is 30.3 Å². The first-order valence-corrected chi connectivity index (χ1v) is 29.7. The minimum atomic E-state index is -4.37. The highest BCUT2D eigenvalue weighted by atomic mass is 32.2. The Morgan fingerprint density at radius 1 is 0.838 bits per heavy atom. The molecule has 4 N–H and O–H groups in total. The summed E-state index contributed by atoms with van der Waals surface area (Å²) in [6.45, 7) is 14.2. The number of aryl methyl sites for hydroxylation is 1. The SMILES string of the molecule is Cc1ncsc1-c1ccc(CNC(=O)[C@@H]2CCCN2C(=O)C(NC(=O)CN2CCN(CC3CCN(c4ccc(-c5cnc6[nH]cc(C(=O)c7c(F)ccc(NS(=O)(=O)N8CC[C@@H](F)C8)c7F)c6c5)cc4)CC3)CC2)C(C)(C)C)cc1. The number of likely N-dealkylation sites (tertiary alicyclic amines) is 1. The monoisotopic (exact) mass is 1140 g/mol. The molecule has 0 spiro atoms. The van der Waals surface area contributed by atoms with E-state index in [1.807, 2.05) is 86.5 Å². The standard InChI is InChI=1S/C58H68F3N11O6S2/c1-36-53(79-35-65-36)40-9-7-37(8-10-40)29-64-56(75)48-6-5-20-72(48)57(76)54(58(2,3)4)66-49(73)34-69-26-24-68(25-27-69)32-38-17-21-70(22-18-38)43-13-11-39(12-14-43)41-28-44-45(31-63-55(44)62-30-41)52(74)50-46(60)15-16-47(51(50)61)67-80(77,78)71-23-19-42(59)33-71/h7-16,28,30-31,35,38,42,48,54,67H,5-6,17-27,29,32-34H2,1-4H3,(H,62,63)(H,64,75)(H,66,73)/t42-,48+,54?/m1/s1. The fourth-order valence-electron chi connectivity index (χ4n) is 11.4. The minimum absolute atomic E-state index is 0.00138. The number of carbonyl (C=O) groups excluding carboxylic acids is 4. The molecule has 10 rings (SSSR count). The van der Waals surface area contributed by atoms with Crippen LogP contribution in [-0.2, 0) is 31.1 Å². The van der Waals surface area contributed by atoms with Crippen molar-refractivity contribution in [2.75, 3.05) is 81.6 Å². The highest BCUT2D eigenvalue weighted by Gasteiger charge is 2.42. The number of alkyl halides is 1. The number of carbonyl (C=O) groups is 4. The van der Waals surface area contributed by atoms with Gasteiger partial charge in [0.15, 0.2) is 5.82 Å². The van der Waals surface area contributed by atoms with Crippen LogP contribution in [0.3, 0.4) is 0 Å². The summed E-state index contributed by atoms with van der Waals surface area (Å²) in [7, 11) is -4.37. The van der Waals surface area contributed by atoms with Crippen LogP contribution in [0.2, 0.25) is 0 Å². The average Bonchev–Trinajstić information content (AvgIpc) is 4.32. The highest BCUT2D eigenvalue weighted by Crippen LogP contribution is 2.34. The smallest absolute Gasteiger partial charge is 0.301 e. The molecule has 80 heavy (non-hydrogen) atoms. The molecular weight excluding hydrogens is 1070 g/mol. The van der Waals surface area contributed by atoms with Crippen LogP contribution in [0.1, 0.15) is 80.1 Å². The zero-order chi connectivity index (χ0) is 56.5. The van der Waals surface area contributed by atoms with Crippen molar-refractivity contribution in [3.8, 4) is 21.6 Å². The number of aromatic amines is 1. The van der Waals surface area contributed by atoms with Crippen LogP contribution in [-0.4, -0.2) is 156 Å². The number of nitrogens with one attached hydrogen (secondary N) is 4. The summed E-state index contributed by atoms with van der Waals surface area (Å²) in [6, 6.07) is 18.1. The Labute approximate surface area is 468 Å². The first-order chi connectivity index (χ1) is 38.3. The van der Waals surface area contributed by atoms with Gasteiger partial charge in [-0.3, -0.25) is 28.8 Å². The number of thiazole rings is 1. The fraction of sp³-hybridized carbons (Fsp3) is 0.448. The van der Waals surface area contributed by atoms with Gasteiger partial charge in [-0.15, -0.1) is 11.3 Å². The topological polar surface area (TPSA) is 196 Å². The summed E-state index contributed by atoms with van der Waals surface area (Å²) in [5.74, 6) is -3.68.